The smallest absolute Gasteiger partial charge is 0.311 e. The van der Waals surface area contributed by atoms with Gasteiger partial charge in [-0.3, -0.25) is 33.5 Å². The monoisotopic (exact) mass is 1090 g/mol. The maximum atomic E-state index is 14.1. The molecule has 2 saturated carbocycles. The highest BCUT2D eigenvalue weighted by Gasteiger charge is 2.59. The molecule has 4 aromatic heterocycles. The molecule has 0 atom stereocenters. The second-order valence-electron chi connectivity index (χ2n) is 18.6. The SMILES string of the molecule is CCC(=O)NS(=O)(=O)C1(COc2nccc3cc(C(=O)NCc4ccc(C#[N+]CCC(=O)N(COC)S(=O)(=O)C5(COc6nccc7cc(C(=O)NCc8ccc(C#N)cc8)c(=O)n(C)c67)CC5)cc4)c(=O)n(C)c23)CC1. The summed E-state index contributed by atoms with van der Waals surface area (Å²) in [6.07, 6.45) is 3.38. The Hall–Kier alpha value is -8.52. The quantitative estimate of drug-likeness (QED) is 0.0873. The summed E-state index contributed by atoms with van der Waals surface area (Å²) in [7, 11) is -4.26. The van der Waals surface area contributed by atoms with Gasteiger partial charge in [0.25, 0.3) is 29.5 Å². The van der Waals surface area contributed by atoms with Crippen molar-refractivity contribution in [3.05, 3.63) is 144 Å². The highest BCUT2D eigenvalue weighted by molar-refractivity contribution is 7.92. The van der Waals surface area contributed by atoms with Gasteiger partial charge in [-0.2, -0.15) is 5.26 Å². The first-order chi connectivity index (χ1) is 36.8. The Morgan fingerprint density at radius 1 is 0.740 bits per heavy atom. The van der Waals surface area contributed by atoms with Gasteiger partial charge in [0.2, 0.25) is 43.6 Å². The summed E-state index contributed by atoms with van der Waals surface area (Å²) in [6.45, 7) is 0.306. The molecule has 3 N–H and O–H groups in total. The van der Waals surface area contributed by atoms with Crippen molar-refractivity contribution in [3.63, 3.8) is 0 Å². The number of benzene rings is 2. The van der Waals surface area contributed by atoms with Crippen molar-refractivity contribution in [2.24, 2.45) is 14.1 Å². The van der Waals surface area contributed by atoms with Gasteiger partial charge in [-0.15, -0.1) is 0 Å². The fourth-order valence-electron chi connectivity index (χ4n) is 8.32. The highest BCUT2D eigenvalue weighted by Crippen LogP contribution is 2.46. The van der Waals surface area contributed by atoms with Crippen LogP contribution in [0.25, 0.3) is 26.7 Å². The molecule has 2 aliphatic rings. The molecule has 2 aliphatic carbocycles. The largest absolute Gasteiger partial charge is 0.474 e. The Kier molecular flexibility index (Phi) is 15.9. The molecule has 4 amide bonds. The first kappa shape index (κ1) is 54.7. The first-order valence-corrected chi connectivity index (χ1v) is 27.1. The minimum Gasteiger partial charge on any atom is -0.474 e. The number of aromatic nitrogens is 4. The Balaban J connectivity index is 0.846. The third-order valence-corrected chi connectivity index (χ3v) is 18.0. The molecule has 8 rings (SSSR count). The maximum absolute atomic E-state index is 14.1. The van der Waals surface area contributed by atoms with E-state index < -0.39 is 77.6 Å². The van der Waals surface area contributed by atoms with Crippen LogP contribution in [0.1, 0.15) is 88.4 Å². The van der Waals surface area contributed by atoms with E-state index in [0.717, 1.165) is 5.56 Å². The molecule has 25 heteroatoms. The van der Waals surface area contributed by atoms with Crippen LogP contribution in [0.15, 0.2) is 94.8 Å². The third-order valence-electron chi connectivity index (χ3n) is 13.3. The van der Waals surface area contributed by atoms with Crippen LogP contribution in [0.3, 0.4) is 0 Å². The second-order valence-corrected chi connectivity index (χ2v) is 22.9. The van der Waals surface area contributed by atoms with Crippen molar-refractivity contribution in [2.75, 3.05) is 33.6 Å². The third kappa shape index (κ3) is 11.5. The van der Waals surface area contributed by atoms with Crippen LogP contribution in [0, 0.1) is 17.4 Å². The Morgan fingerprint density at radius 3 is 1.68 bits per heavy atom. The molecule has 4 heterocycles. The molecule has 0 spiro atoms. The minimum absolute atomic E-state index is 0.00760. The van der Waals surface area contributed by atoms with E-state index >= 15 is 0 Å². The second kappa shape index (κ2) is 22.4. The molecule has 400 valence electrons. The predicted octanol–water partition coefficient (Wildman–Crippen LogP) is 3.12. The van der Waals surface area contributed by atoms with Gasteiger partial charge >= 0.3 is 6.07 Å². The van der Waals surface area contributed by atoms with Crippen LogP contribution in [0.4, 0.5) is 0 Å². The van der Waals surface area contributed by atoms with Gasteiger partial charge in [0.15, 0.2) is 0 Å². The van der Waals surface area contributed by atoms with Crippen LogP contribution >= 0.6 is 0 Å². The molecule has 0 unspecified atom stereocenters. The summed E-state index contributed by atoms with van der Waals surface area (Å²) < 4.78 is 73.4. The number of nitrogens with one attached hydrogen (secondary N) is 3. The number of rotatable bonds is 21. The fraction of sp³-hybridized carbons (Fsp3) is 0.346. The molecule has 2 fully saturated rings. The van der Waals surface area contributed by atoms with Gasteiger partial charge in [0.1, 0.15) is 63.6 Å². The summed E-state index contributed by atoms with van der Waals surface area (Å²) in [5, 5.41) is 15.4. The Labute approximate surface area is 441 Å². The number of hydrogen-bond donors (Lipinski definition) is 3. The molecule has 77 heavy (non-hydrogen) atoms. The lowest BCUT2D eigenvalue weighted by molar-refractivity contribution is -0.129. The van der Waals surface area contributed by atoms with E-state index in [0.29, 0.717) is 31.8 Å². The zero-order valence-corrected chi connectivity index (χ0v) is 44.0. The normalized spacial score (nSPS) is 14.1. The standard InChI is InChI=1S/C52H52N10O13S2/c1-5-41(63)59-76(69,70)51(17-18-51)30-74-47-43-37(14-22-55-47)24-39(49(67)60(43)2)46(66)58-29-36-12-10-34(11-13-36)27-54-21-16-42(64)62(32-73-4)77(71,72)52(19-20-52)31-75-48-44-38(15-23-56-48)25-40(50(68)61(44)3)45(65)57-28-35-8-6-33(26-53)7-9-35/h6-15,22-25H,5,16-21,28-32H2,1-4H3,(H2-,57,58,59,63,65,66)/p+1. The molecule has 23 nitrogen and oxygen atoms in total. The number of aryl methyl sites for hydroxylation is 2. The number of hydrogen-bond acceptors (Lipinski definition) is 16. The van der Waals surface area contributed by atoms with Gasteiger partial charge < -0.3 is 34.0 Å². The average molecular weight is 1090 g/mol. The van der Waals surface area contributed by atoms with Crippen LogP contribution in [-0.4, -0.2) is 107 Å². The molecule has 0 bridgehead atoms. The maximum Gasteiger partial charge on any atom is 0.311 e. The van der Waals surface area contributed by atoms with Gasteiger partial charge in [0, 0.05) is 63.9 Å². The molecule has 0 saturated heterocycles. The lowest BCUT2D eigenvalue weighted by Crippen LogP contribution is -2.47. The molecule has 2 aromatic carbocycles. The number of nitrogens with zero attached hydrogens (tertiary/aromatic N) is 7. The number of fused-ring (bicyclic) bond motifs is 2. The van der Waals surface area contributed by atoms with Crippen molar-refractivity contribution in [1.82, 2.24) is 38.8 Å². The summed E-state index contributed by atoms with van der Waals surface area (Å²) in [6, 6.07) is 24.2. The summed E-state index contributed by atoms with van der Waals surface area (Å²) in [5.74, 6) is -2.74. The number of methoxy groups -OCH3 is 1. The number of amides is 4. The molecule has 0 radical (unpaired) electrons. The predicted molar refractivity (Wildman–Crippen MR) is 280 cm³/mol. The van der Waals surface area contributed by atoms with E-state index in [9.17, 15) is 45.6 Å². The van der Waals surface area contributed by atoms with Crippen LogP contribution in [0.5, 0.6) is 11.8 Å². The van der Waals surface area contributed by atoms with Gasteiger partial charge in [-0.05, 0) is 85.3 Å². The first-order valence-electron chi connectivity index (χ1n) is 24.2. The number of carbonyl (C=O) groups excluding carboxylic acids is 4. The van der Waals surface area contributed by atoms with Crippen molar-refractivity contribution in [2.45, 2.75) is 68.0 Å². The lowest BCUT2D eigenvalue weighted by atomic mass is 10.1. The molecule has 0 aliphatic heterocycles. The summed E-state index contributed by atoms with van der Waals surface area (Å²) in [5.41, 5.74) is 1.26. The lowest BCUT2D eigenvalue weighted by Gasteiger charge is -2.26. The summed E-state index contributed by atoms with van der Waals surface area (Å²) >= 11 is 0. The zero-order valence-electron chi connectivity index (χ0n) is 42.3. The Morgan fingerprint density at radius 2 is 1.22 bits per heavy atom. The van der Waals surface area contributed by atoms with Gasteiger partial charge in [-0.25, -0.2) is 31.1 Å². The van der Waals surface area contributed by atoms with Crippen molar-refractivity contribution < 1.29 is 50.2 Å². The van der Waals surface area contributed by atoms with E-state index in [1.807, 2.05) is 6.07 Å². The van der Waals surface area contributed by atoms with Crippen molar-refractivity contribution >= 4 is 65.5 Å². The number of sulfonamides is 2. The zero-order chi connectivity index (χ0) is 55.3. The van der Waals surface area contributed by atoms with Crippen molar-refractivity contribution in [3.8, 4) is 23.9 Å². The topological polar surface area (TPSA) is 302 Å². The van der Waals surface area contributed by atoms with Gasteiger partial charge in [0.05, 0.1) is 11.6 Å². The summed E-state index contributed by atoms with van der Waals surface area (Å²) in [4.78, 5) is 91.5. The van der Waals surface area contributed by atoms with E-state index in [2.05, 4.69) is 36.2 Å². The minimum atomic E-state index is -4.37. The number of carbonyl (C=O) groups is 4. The highest BCUT2D eigenvalue weighted by atomic mass is 32.2. The molecular weight excluding hydrogens is 1040 g/mol. The number of ether oxygens (including phenoxy) is 3. The Bertz CT molecular complexity index is 3800. The number of nitriles is 1. The van der Waals surface area contributed by atoms with Crippen molar-refractivity contribution in [1.29, 1.82) is 5.26 Å². The van der Waals surface area contributed by atoms with Crippen LogP contribution in [-0.2, 0) is 61.6 Å². The van der Waals surface area contributed by atoms with Crippen LogP contribution < -0.4 is 35.9 Å². The average Bonchev–Trinajstić information content (AvgIpc) is 4.43. The van der Waals surface area contributed by atoms with E-state index in [1.165, 1.54) is 61.8 Å². The fourth-order valence-corrected chi connectivity index (χ4v) is 11.7. The van der Waals surface area contributed by atoms with E-state index in [1.54, 1.807) is 60.7 Å². The van der Waals surface area contributed by atoms with Gasteiger partial charge in [-0.1, -0.05) is 36.0 Å². The number of pyridine rings is 4. The molecule has 6 aromatic rings. The van der Waals surface area contributed by atoms with Crippen LogP contribution in [0.2, 0.25) is 0 Å². The van der Waals surface area contributed by atoms with E-state index in [4.69, 9.17) is 19.5 Å². The molecular formula is C52H53N10O13S2+. The van der Waals surface area contributed by atoms with E-state index in [-0.39, 0.29) is 98.7 Å².